The second kappa shape index (κ2) is 6.95. The summed E-state index contributed by atoms with van der Waals surface area (Å²) in [5, 5.41) is 18.6. The maximum absolute atomic E-state index is 12.1. The number of carboxylic acid groups (broad SMARTS) is 1. The number of rotatable bonds is 5. The van der Waals surface area contributed by atoms with Gasteiger partial charge >= 0.3 is 5.97 Å². The zero-order valence-corrected chi connectivity index (χ0v) is 12.7. The number of thioether (sulfide) groups is 1. The van der Waals surface area contributed by atoms with Crippen LogP contribution in [-0.4, -0.2) is 51.4 Å². The van der Waals surface area contributed by atoms with Gasteiger partial charge in [0.05, 0.1) is 11.9 Å². The van der Waals surface area contributed by atoms with Gasteiger partial charge in [-0.15, -0.1) is 11.8 Å². The van der Waals surface area contributed by atoms with Gasteiger partial charge in [0.1, 0.15) is 6.04 Å². The van der Waals surface area contributed by atoms with Crippen LogP contribution in [0.5, 0.6) is 0 Å². The molecule has 1 aliphatic heterocycles. The van der Waals surface area contributed by atoms with Crippen molar-refractivity contribution in [3.63, 3.8) is 0 Å². The number of likely N-dealkylation sites (tertiary alicyclic amines) is 1. The van der Waals surface area contributed by atoms with E-state index in [9.17, 15) is 14.7 Å². The Labute approximate surface area is 128 Å². The highest BCUT2D eigenvalue weighted by Gasteiger charge is 2.38. The summed E-state index contributed by atoms with van der Waals surface area (Å²) in [4.78, 5) is 24.5. The molecule has 1 heterocycles. The number of β-amino-alcohol motifs (C(OH)–C–C–N with tert-alkyl or cyclic N) is 1. The molecule has 2 atom stereocenters. The fourth-order valence-corrected chi connectivity index (χ4v) is 3.32. The lowest BCUT2D eigenvalue weighted by atomic mass is 10.2. The summed E-state index contributed by atoms with van der Waals surface area (Å²) in [6.07, 6.45) is -0.624. The SMILES string of the molecule is Cc1cccc(CSCC(=O)N2CC(O)CC2C(=O)O)c1. The minimum Gasteiger partial charge on any atom is -0.480 e. The first-order valence-corrected chi connectivity index (χ1v) is 7.96. The fourth-order valence-electron chi connectivity index (χ4n) is 2.46. The molecule has 0 spiro atoms. The Bertz CT molecular complexity index is 534. The van der Waals surface area contributed by atoms with Crippen LogP contribution >= 0.6 is 11.8 Å². The molecule has 1 aromatic rings. The molecule has 1 amide bonds. The molecular formula is C15H19NO4S. The van der Waals surface area contributed by atoms with E-state index in [2.05, 4.69) is 6.07 Å². The van der Waals surface area contributed by atoms with Gasteiger partial charge in [-0.05, 0) is 12.5 Å². The molecule has 2 unspecified atom stereocenters. The molecule has 0 aliphatic carbocycles. The van der Waals surface area contributed by atoms with Crippen LogP contribution in [0.15, 0.2) is 24.3 Å². The maximum Gasteiger partial charge on any atom is 0.326 e. The molecule has 21 heavy (non-hydrogen) atoms. The summed E-state index contributed by atoms with van der Waals surface area (Å²) < 4.78 is 0. The van der Waals surface area contributed by atoms with Crippen LogP contribution in [0, 0.1) is 6.92 Å². The lowest BCUT2D eigenvalue weighted by Crippen LogP contribution is -2.41. The second-order valence-corrected chi connectivity index (χ2v) is 6.26. The van der Waals surface area contributed by atoms with E-state index in [1.54, 1.807) is 0 Å². The minimum atomic E-state index is -1.05. The van der Waals surface area contributed by atoms with Crippen molar-refractivity contribution < 1.29 is 19.8 Å². The summed E-state index contributed by atoms with van der Waals surface area (Å²) in [7, 11) is 0. The number of aliphatic carboxylic acids is 1. The van der Waals surface area contributed by atoms with Gasteiger partial charge in [0, 0.05) is 18.7 Å². The average molecular weight is 309 g/mol. The number of amides is 1. The van der Waals surface area contributed by atoms with Crippen molar-refractivity contribution in [2.45, 2.75) is 31.2 Å². The van der Waals surface area contributed by atoms with Crippen molar-refractivity contribution in [1.29, 1.82) is 0 Å². The Hall–Kier alpha value is -1.53. The number of benzene rings is 1. The van der Waals surface area contributed by atoms with E-state index in [1.165, 1.54) is 22.2 Å². The summed E-state index contributed by atoms with van der Waals surface area (Å²) in [5.74, 6) is -0.341. The van der Waals surface area contributed by atoms with Crippen molar-refractivity contribution in [3.05, 3.63) is 35.4 Å². The van der Waals surface area contributed by atoms with E-state index >= 15 is 0 Å². The van der Waals surface area contributed by atoms with Crippen LogP contribution in [0.25, 0.3) is 0 Å². The lowest BCUT2D eigenvalue weighted by molar-refractivity contribution is -0.147. The molecule has 5 nitrogen and oxygen atoms in total. The number of nitrogens with zero attached hydrogens (tertiary/aromatic N) is 1. The third kappa shape index (κ3) is 4.22. The first kappa shape index (κ1) is 15.9. The highest BCUT2D eigenvalue weighted by atomic mass is 32.2. The van der Waals surface area contributed by atoms with Gasteiger partial charge in [0.15, 0.2) is 0 Å². The van der Waals surface area contributed by atoms with Crippen LogP contribution in [0.3, 0.4) is 0 Å². The number of aliphatic hydroxyl groups is 1. The predicted molar refractivity (Wildman–Crippen MR) is 81.1 cm³/mol. The van der Waals surface area contributed by atoms with Crippen molar-refractivity contribution in [3.8, 4) is 0 Å². The van der Waals surface area contributed by atoms with Gasteiger partial charge in [0.25, 0.3) is 0 Å². The Balaban J connectivity index is 1.85. The van der Waals surface area contributed by atoms with Crippen molar-refractivity contribution in [2.24, 2.45) is 0 Å². The Kier molecular flexibility index (Phi) is 5.25. The third-order valence-corrected chi connectivity index (χ3v) is 4.45. The van der Waals surface area contributed by atoms with Crippen molar-refractivity contribution in [1.82, 2.24) is 4.90 Å². The summed E-state index contributed by atoms with van der Waals surface area (Å²) >= 11 is 1.46. The molecule has 0 saturated carbocycles. The van der Waals surface area contributed by atoms with Gasteiger partial charge in [-0.2, -0.15) is 0 Å². The Morgan fingerprint density at radius 1 is 1.43 bits per heavy atom. The molecule has 6 heteroatoms. The Morgan fingerprint density at radius 2 is 2.19 bits per heavy atom. The first-order valence-electron chi connectivity index (χ1n) is 6.81. The molecule has 0 aromatic heterocycles. The summed E-state index contributed by atoms with van der Waals surface area (Å²) in [6, 6.07) is 7.17. The monoisotopic (exact) mass is 309 g/mol. The van der Waals surface area contributed by atoms with E-state index < -0.39 is 18.1 Å². The van der Waals surface area contributed by atoms with E-state index in [-0.39, 0.29) is 24.6 Å². The molecule has 2 N–H and O–H groups in total. The fraction of sp³-hybridized carbons (Fsp3) is 0.467. The number of aryl methyl sites for hydroxylation is 1. The highest BCUT2D eigenvalue weighted by molar-refractivity contribution is 7.99. The average Bonchev–Trinajstić information content (AvgIpc) is 2.81. The van der Waals surface area contributed by atoms with E-state index in [0.29, 0.717) is 5.75 Å². The highest BCUT2D eigenvalue weighted by Crippen LogP contribution is 2.21. The smallest absolute Gasteiger partial charge is 0.326 e. The molecule has 114 valence electrons. The van der Waals surface area contributed by atoms with Gasteiger partial charge in [-0.1, -0.05) is 29.8 Å². The standard InChI is InChI=1S/C15H19NO4S/c1-10-3-2-4-11(5-10)8-21-9-14(18)16-7-12(17)6-13(16)15(19)20/h2-5,12-13,17H,6-9H2,1H3,(H,19,20). The first-order chi connectivity index (χ1) is 9.97. The molecule has 1 aliphatic rings. The van der Waals surface area contributed by atoms with E-state index in [0.717, 1.165) is 5.56 Å². The number of carbonyl (C=O) groups is 2. The van der Waals surface area contributed by atoms with Crippen molar-refractivity contribution >= 4 is 23.6 Å². The molecular weight excluding hydrogens is 290 g/mol. The molecule has 1 saturated heterocycles. The van der Waals surface area contributed by atoms with Crippen LogP contribution in [-0.2, 0) is 15.3 Å². The second-order valence-electron chi connectivity index (χ2n) is 5.27. The van der Waals surface area contributed by atoms with Gasteiger partial charge < -0.3 is 15.1 Å². The molecule has 1 aromatic carbocycles. The van der Waals surface area contributed by atoms with Gasteiger partial charge in [-0.25, -0.2) is 4.79 Å². The number of aliphatic hydroxyl groups excluding tert-OH is 1. The molecule has 0 radical (unpaired) electrons. The topological polar surface area (TPSA) is 77.8 Å². The third-order valence-electron chi connectivity index (χ3n) is 3.46. The van der Waals surface area contributed by atoms with Crippen LogP contribution in [0.4, 0.5) is 0 Å². The van der Waals surface area contributed by atoms with Crippen LogP contribution < -0.4 is 0 Å². The predicted octanol–water partition coefficient (Wildman–Crippen LogP) is 1.27. The largest absolute Gasteiger partial charge is 0.480 e. The van der Waals surface area contributed by atoms with Gasteiger partial charge in [0.2, 0.25) is 5.91 Å². The van der Waals surface area contributed by atoms with E-state index in [4.69, 9.17) is 5.11 Å². The van der Waals surface area contributed by atoms with Crippen molar-refractivity contribution in [2.75, 3.05) is 12.3 Å². The number of hydrogen-bond donors (Lipinski definition) is 2. The van der Waals surface area contributed by atoms with Gasteiger partial charge in [-0.3, -0.25) is 4.79 Å². The van der Waals surface area contributed by atoms with E-state index in [1.807, 2.05) is 25.1 Å². The normalized spacial score (nSPS) is 21.5. The zero-order chi connectivity index (χ0) is 15.4. The molecule has 1 fully saturated rings. The molecule has 2 rings (SSSR count). The number of hydrogen-bond acceptors (Lipinski definition) is 4. The number of carboxylic acids is 1. The zero-order valence-electron chi connectivity index (χ0n) is 11.9. The van der Waals surface area contributed by atoms with Crippen LogP contribution in [0.1, 0.15) is 17.5 Å². The Morgan fingerprint density at radius 3 is 2.86 bits per heavy atom. The summed E-state index contributed by atoms with van der Waals surface area (Å²) in [6.45, 7) is 2.13. The lowest BCUT2D eigenvalue weighted by Gasteiger charge is -2.20. The summed E-state index contributed by atoms with van der Waals surface area (Å²) in [5.41, 5.74) is 2.32. The minimum absolute atomic E-state index is 0.112. The maximum atomic E-state index is 12.1. The molecule has 0 bridgehead atoms. The van der Waals surface area contributed by atoms with Crippen LogP contribution in [0.2, 0.25) is 0 Å². The number of carbonyl (C=O) groups excluding carboxylic acids is 1. The quantitative estimate of drug-likeness (QED) is 0.856.